The summed E-state index contributed by atoms with van der Waals surface area (Å²) in [6, 6.07) is 19.2. The molecule has 2 aromatic carbocycles. The molecule has 1 aliphatic rings. The molecule has 4 rings (SSSR count). The number of hydrogen-bond acceptors (Lipinski definition) is 4. The third kappa shape index (κ3) is 3.65. The molecule has 1 aromatic heterocycles. The van der Waals surface area contributed by atoms with Gasteiger partial charge in [0.15, 0.2) is 5.82 Å². The molecular weight excluding hydrogens is 348 g/mol. The van der Waals surface area contributed by atoms with Crippen LogP contribution in [0.3, 0.4) is 0 Å². The molecule has 0 amide bonds. The van der Waals surface area contributed by atoms with Crippen molar-refractivity contribution in [1.29, 1.82) is 0 Å². The maximum absolute atomic E-state index is 9.61. The second kappa shape index (κ2) is 7.72. The molecule has 1 saturated carbocycles. The number of benzene rings is 2. The third-order valence-corrected chi connectivity index (χ3v) is 5.71. The lowest BCUT2D eigenvalue weighted by Crippen LogP contribution is -2.35. The molecule has 1 atom stereocenters. The summed E-state index contributed by atoms with van der Waals surface area (Å²) in [6.45, 7) is 4.14. The van der Waals surface area contributed by atoms with Gasteiger partial charge in [0.05, 0.1) is 5.69 Å². The fourth-order valence-electron chi connectivity index (χ4n) is 3.87. The quantitative estimate of drug-likeness (QED) is 0.668. The minimum absolute atomic E-state index is 0.144. The molecule has 0 bridgehead atoms. The number of aliphatic hydroxyl groups is 1. The predicted molar refractivity (Wildman–Crippen MR) is 109 cm³/mol. The molecule has 0 spiro atoms. The van der Waals surface area contributed by atoms with Gasteiger partial charge in [0, 0.05) is 11.6 Å². The fourth-order valence-corrected chi connectivity index (χ4v) is 3.87. The Balaban J connectivity index is 1.48. The van der Waals surface area contributed by atoms with E-state index < -0.39 is 6.10 Å². The van der Waals surface area contributed by atoms with Gasteiger partial charge in [0.1, 0.15) is 18.5 Å². The van der Waals surface area contributed by atoms with Gasteiger partial charge >= 0.3 is 0 Å². The van der Waals surface area contributed by atoms with Gasteiger partial charge in [-0.3, -0.25) is 0 Å². The minimum atomic E-state index is -0.681. The third-order valence-electron chi connectivity index (χ3n) is 5.71. The summed E-state index contributed by atoms with van der Waals surface area (Å²) in [5.41, 5.74) is 4.96. The molecule has 4 heteroatoms. The van der Waals surface area contributed by atoms with Gasteiger partial charge in [-0.25, -0.2) is 9.97 Å². The Morgan fingerprint density at radius 3 is 2.21 bits per heavy atom. The smallest absolute Gasteiger partial charge is 0.156 e. The number of aliphatic hydroxyl groups excluding tert-OH is 1. The summed E-state index contributed by atoms with van der Waals surface area (Å²) in [5, 5.41) is 9.61. The van der Waals surface area contributed by atoms with E-state index in [4.69, 9.17) is 4.74 Å². The summed E-state index contributed by atoms with van der Waals surface area (Å²) in [6.07, 6.45) is 4.63. The molecule has 0 saturated heterocycles. The van der Waals surface area contributed by atoms with E-state index in [1.54, 1.807) is 19.2 Å². The molecule has 1 N–H and O–H groups in total. The van der Waals surface area contributed by atoms with Crippen LogP contribution in [0.1, 0.15) is 60.5 Å². The average molecular weight is 374 g/mol. The van der Waals surface area contributed by atoms with Gasteiger partial charge in [0.25, 0.3) is 0 Å². The highest BCUT2D eigenvalue weighted by molar-refractivity contribution is 5.44. The van der Waals surface area contributed by atoms with E-state index in [-0.39, 0.29) is 5.41 Å². The normalized spacial score (nSPS) is 16.2. The van der Waals surface area contributed by atoms with Crippen molar-refractivity contribution in [2.75, 3.05) is 0 Å². The maximum atomic E-state index is 9.61. The van der Waals surface area contributed by atoms with Crippen LogP contribution >= 0.6 is 0 Å². The van der Waals surface area contributed by atoms with Gasteiger partial charge in [-0.2, -0.15) is 0 Å². The number of aromatic nitrogens is 2. The van der Waals surface area contributed by atoms with E-state index in [0.717, 1.165) is 11.4 Å². The van der Waals surface area contributed by atoms with Crippen LogP contribution in [0, 0.1) is 6.92 Å². The van der Waals surface area contributed by atoms with Crippen molar-refractivity contribution in [1.82, 2.24) is 9.97 Å². The summed E-state index contributed by atoms with van der Waals surface area (Å²) >= 11 is 0. The predicted octanol–water partition coefficient (Wildman–Crippen LogP) is 4.89. The van der Waals surface area contributed by atoms with Crippen LogP contribution in [-0.2, 0) is 12.0 Å². The Morgan fingerprint density at radius 2 is 1.64 bits per heavy atom. The second-order valence-electron chi connectivity index (χ2n) is 7.70. The van der Waals surface area contributed by atoms with Crippen molar-refractivity contribution in [2.45, 2.75) is 51.2 Å². The van der Waals surface area contributed by atoms with Crippen molar-refractivity contribution in [3.05, 3.63) is 89.0 Å². The maximum Gasteiger partial charge on any atom is 0.156 e. The zero-order chi connectivity index (χ0) is 19.6. The molecule has 1 fully saturated rings. The van der Waals surface area contributed by atoms with Gasteiger partial charge < -0.3 is 9.84 Å². The van der Waals surface area contributed by atoms with Crippen LogP contribution in [0.5, 0.6) is 5.75 Å². The Labute approximate surface area is 166 Å². The SMILES string of the molecule is Cc1ccc(C2(c3ccc(OCc4ccnc(C(C)O)n4)cc3)CCC2)cc1. The van der Waals surface area contributed by atoms with E-state index >= 15 is 0 Å². The Hall–Kier alpha value is -2.72. The summed E-state index contributed by atoms with van der Waals surface area (Å²) < 4.78 is 5.90. The highest BCUT2D eigenvalue weighted by atomic mass is 16.5. The van der Waals surface area contributed by atoms with Gasteiger partial charge in [0.2, 0.25) is 0 Å². The molecule has 1 unspecified atom stereocenters. The van der Waals surface area contributed by atoms with E-state index in [9.17, 15) is 5.11 Å². The Kier molecular flexibility index (Phi) is 5.14. The van der Waals surface area contributed by atoms with Crippen molar-refractivity contribution >= 4 is 0 Å². The summed E-state index contributed by atoms with van der Waals surface area (Å²) in [4.78, 5) is 8.39. The second-order valence-corrected chi connectivity index (χ2v) is 7.70. The number of rotatable bonds is 6. The Bertz CT molecular complexity index is 930. The molecule has 1 aliphatic carbocycles. The van der Waals surface area contributed by atoms with E-state index in [1.807, 2.05) is 12.1 Å². The first-order chi connectivity index (χ1) is 13.6. The number of aryl methyl sites for hydroxylation is 1. The summed E-state index contributed by atoms with van der Waals surface area (Å²) in [5.74, 6) is 1.24. The van der Waals surface area contributed by atoms with Crippen LogP contribution in [0.25, 0.3) is 0 Å². The standard InChI is InChI=1S/C24H26N2O2/c1-17-4-6-19(7-5-17)24(13-3-14-24)20-8-10-22(11-9-20)28-16-21-12-15-25-23(26-21)18(2)27/h4-12,15,18,27H,3,13-14,16H2,1-2H3. The van der Waals surface area contributed by atoms with Crippen LogP contribution in [0.2, 0.25) is 0 Å². The largest absolute Gasteiger partial charge is 0.487 e. The number of nitrogens with zero attached hydrogens (tertiary/aromatic N) is 2. The van der Waals surface area contributed by atoms with E-state index in [2.05, 4.69) is 53.3 Å². The molecule has 4 nitrogen and oxygen atoms in total. The molecular formula is C24H26N2O2. The highest BCUT2D eigenvalue weighted by Crippen LogP contribution is 2.49. The molecule has 144 valence electrons. The lowest BCUT2D eigenvalue weighted by Gasteiger charge is -2.43. The monoisotopic (exact) mass is 374 g/mol. The van der Waals surface area contributed by atoms with E-state index in [1.165, 1.54) is 36.0 Å². The van der Waals surface area contributed by atoms with Gasteiger partial charge in [-0.1, -0.05) is 48.4 Å². The number of hydrogen-bond donors (Lipinski definition) is 1. The molecule has 28 heavy (non-hydrogen) atoms. The van der Waals surface area contributed by atoms with Crippen molar-refractivity contribution in [3.63, 3.8) is 0 Å². The van der Waals surface area contributed by atoms with Crippen LogP contribution in [0.15, 0.2) is 60.8 Å². The molecule has 3 aromatic rings. The van der Waals surface area contributed by atoms with Gasteiger partial charge in [-0.15, -0.1) is 0 Å². The lowest BCUT2D eigenvalue weighted by atomic mass is 9.60. The van der Waals surface area contributed by atoms with E-state index in [0.29, 0.717) is 12.4 Å². The highest BCUT2D eigenvalue weighted by Gasteiger charge is 2.40. The molecule has 0 radical (unpaired) electrons. The average Bonchev–Trinajstić information content (AvgIpc) is 2.68. The minimum Gasteiger partial charge on any atom is -0.487 e. The fraction of sp³-hybridized carbons (Fsp3) is 0.333. The van der Waals surface area contributed by atoms with Crippen LogP contribution in [-0.4, -0.2) is 15.1 Å². The first-order valence-electron chi connectivity index (χ1n) is 9.87. The van der Waals surface area contributed by atoms with Gasteiger partial charge in [-0.05, 0) is 56.0 Å². The topological polar surface area (TPSA) is 55.2 Å². The zero-order valence-corrected chi connectivity index (χ0v) is 16.4. The molecule has 0 aliphatic heterocycles. The van der Waals surface area contributed by atoms with Crippen molar-refractivity contribution in [3.8, 4) is 5.75 Å². The Morgan fingerprint density at radius 1 is 1.00 bits per heavy atom. The van der Waals surface area contributed by atoms with Crippen molar-refractivity contribution < 1.29 is 9.84 Å². The summed E-state index contributed by atoms with van der Waals surface area (Å²) in [7, 11) is 0. The lowest BCUT2D eigenvalue weighted by molar-refractivity contribution is 0.187. The first kappa shape index (κ1) is 18.6. The van der Waals surface area contributed by atoms with Crippen LogP contribution in [0.4, 0.5) is 0 Å². The molecule has 1 heterocycles. The number of ether oxygens (including phenoxy) is 1. The zero-order valence-electron chi connectivity index (χ0n) is 16.4. The van der Waals surface area contributed by atoms with Crippen LogP contribution < -0.4 is 4.74 Å². The first-order valence-corrected chi connectivity index (χ1v) is 9.87. The van der Waals surface area contributed by atoms with Crippen molar-refractivity contribution in [2.24, 2.45) is 0 Å².